The highest BCUT2D eigenvalue weighted by Gasteiger charge is 2.20. The van der Waals surface area contributed by atoms with Crippen LogP contribution in [0.4, 0.5) is 4.39 Å². The van der Waals surface area contributed by atoms with E-state index < -0.39 is 0 Å². The second kappa shape index (κ2) is 5.85. The molecule has 0 aliphatic heterocycles. The highest BCUT2D eigenvalue weighted by Crippen LogP contribution is 2.32. The molecule has 0 bridgehead atoms. The van der Waals surface area contributed by atoms with E-state index in [1.165, 1.54) is 15.3 Å². The van der Waals surface area contributed by atoms with Gasteiger partial charge in [-0.2, -0.15) is 0 Å². The van der Waals surface area contributed by atoms with Crippen molar-refractivity contribution in [3.05, 3.63) is 56.5 Å². The number of hydrogen-bond acceptors (Lipinski definition) is 2. The molecule has 1 N–H and O–H groups in total. The molecule has 1 aromatic heterocycles. The van der Waals surface area contributed by atoms with Crippen LogP contribution in [0, 0.1) is 26.6 Å². The van der Waals surface area contributed by atoms with Gasteiger partial charge in [0.2, 0.25) is 0 Å². The number of nitrogens with one attached hydrogen (secondary N) is 1. The lowest BCUT2D eigenvalue weighted by Gasteiger charge is -2.19. The van der Waals surface area contributed by atoms with Crippen molar-refractivity contribution in [2.45, 2.75) is 33.7 Å². The summed E-state index contributed by atoms with van der Waals surface area (Å²) in [5, 5.41) is 3.40. The van der Waals surface area contributed by atoms with E-state index in [4.69, 9.17) is 0 Å². The van der Waals surface area contributed by atoms with Crippen LogP contribution >= 0.6 is 11.3 Å². The summed E-state index contributed by atoms with van der Waals surface area (Å²) in [4.78, 5) is 2.52. The van der Waals surface area contributed by atoms with Gasteiger partial charge in [-0.3, -0.25) is 0 Å². The van der Waals surface area contributed by atoms with Crippen LogP contribution in [0.1, 0.15) is 39.4 Å². The maximum Gasteiger partial charge on any atom is 0.128 e. The summed E-state index contributed by atoms with van der Waals surface area (Å²) >= 11 is 1.76. The monoisotopic (exact) mass is 277 g/mol. The van der Waals surface area contributed by atoms with Crippen LogP contribution in [-0.2, 0) is 0 Å². The summed E-state index contributed by atoms with van der Waals surface area (Å²) < 4.78 is 14.2. The maximum absolute atomic E-state index is 14.2. The molecule has 1 nitrogen and oxygen atoms in total. The highest BCUT2D eigenvalue weighted by molar-refractivity contribution is 7.12. The molecule has 1 unspecified atom stereocenters. The largest absolute Gasteiger partial charge is 0.306 e. The van der Waals surface area contributed by atoms with E-state index >= 15 is 0 Å². The molecule has 0 spiro atoms. The van der Waals surface area contributed by atoms with Crippen LogP contribution in [0.5, 0.6) is 0 Å². The van der Waals surface area contributed by atoms with Crippen molar-refractivity contribution < 1.29 is 4.39 Å². The number of rotatable bonds is 4. The zero-order valence-corrected chi connectivity index (χ0v) is 12.7. The first-order chi connectivity index (χ1) is 9.02. The fourth-order valence-electron chi connectivity index (χ4n) is 2.39. The average molecular weight is 277 g/mol. The second-order valence-electron chi connectivity index (χ2n) is 4.88. The molecular formula is C16H20FNS. The molecule has 1 heterocycles. The van der Waals surface area contributed by atoms with Crippen LogP contribution in [-0.4, -0.2) is 6.54 Å². The summed E-state index contributed by atoms with van der Waals surface area (Å²) in [5.41, 5.74) is 2.87. The normalized spacial score (nSPS) is 12.7. The van der Waals surface area contributed by atoms with Crippen molar-refractivity contribution in [3.8, 4) is 0 Å². The van der Waals surface area contributed by atoms with Crippen molar-refractivity contribution >= 4 is 11.3 Å². The number of hydrogen-bond donors (Lipinski definition) is 1. The molecular weight excluding hydrogens is 257 g/mol. The van der Waals surface area contributed by atoms with Crippen molar-refractivity contribution in [1.82, 2.24) is 5.32 Å². The summed E-state index contributed by atoms with van der Waals surface area (Å²) in [6.07, 6.45) is 0. The molecule has 1 aromatic carbocycles. The Morgan fingerprint density at radius 1 is 1.16 bits per heavy atom. The van der Waals surface area contributed by atoms with Gasteiger partial charge in [0, 0.05) is 15.3 Å². The first-order valence-corrected chi connectivity index (χ1v) is 7.41. The van der Waals surface area contributed by atoms with Crippen molar-refractivity contribution in [2.75, 3.05) is 6.54 Å². The standard InChI is InChI=1S/C16H20FNS/c1-5-18-16(14-9-11(3)19-12(14)4)13-7-6-10(2)8-15(13)17/h6-9,16,18H,5H2,1-4H3. The minimum atomic E-state index is -0.130. The third kappa shape index (κ3) is 3.04. The molecule has 0 saturated heterocycles. The molecule has 0 saturated carbocycles. The Kier molecular flexibility index (Phi) is 4.38. The van der Waals surface area contributed by atoms with Gasteiger partial charge < -0.3 is 5.32 Å². The number of thiophene rings is 1. The van der Waals surface area contributed by atoms with Crippen molar-refractivity contribution in [2.24, 2.45) is 0 Å². The predicted octanol–water partition coefficient (Wildman–Crippen LogP) is 4.51. The van der Waals surface area contributed by atoms with E-state index in [-0.39, 0.29) is 11.9 Å². The Bertz CT molecular complexity index is 574. The SMILES string of the molecule is CCNC(c1ccc(C)cc1F)c1cc(C)sc1C. The van der Waals surface area contributed by atoms with E-state index in [1.54, 1.807) is 17.4 Å². The third-order valence-electron chi connectivity index (χ3n) is 3.27. The molecule has 0 aliphatic carbocycles. The highest BCUT2D eigenvalue weighted by atomic mass is 32.1. The molecule has 2 aromatic rings. The summed E-state index contributed by atoms with van der Waals surface area (Å²) in [7, 11) is 0. The van der Waals surface area contributed by atoms with Gasteiger partial charge in [0.05, 0.1) is 6.04 Å². The molecule has 19 heavy (non-hydrogen) atoms. The fourth-order valence-corrected chi connectivity index (χ4v) is 3.36. The van der Waals surface area contributed by atoms with E-state index in [1.807, 2.05) is 26.0 Å². The minimum absolute atomic E-state index is 0.0597. The van der Waals surface area contributed by atoms with Gasteiger partial charge in [0.1, 0.15) is 5.82 Å². The predicted molar refractivity (Wildman–Crippen MR) is 80.4 cm³/mol. The third-order valence-corrected chi connectivity index (χ3v) is 4.25. The fraction of sp³-hybridized carbons (Fsp3) is 0.375. The maximum atomic E-state index is 14.2. The Labute approximate surface area is 118 Å². The smallest absolute Gasteiger partial charge is 0.128 e. The van der Waals surface area contributed by atoms with Gasteiger partial charge in [-0.1, -0.05) is 19.1 Å². The lowest BCUT2D eigenvalue weighted by atomic mass is 9.97. The Balaban J connectivity index is 2.48. The van der Waals surface area contributed by atoms with Gasteiger partial charge in [0.25, 0.3) is 0 Å². The Morgan fingerprint density at radius 2 is 1.89 bits per heavy atom. The van der Waals surface area contributed by atoms with Crippen LogP contribution in [0.15, 0.2) is 24.3 Å². The van der Waals surface area contributed by atoms with Gasteiger partial charge in [0.15, 0.2) is 0 Å². The Hall–Kier alpha value is -1.19. The second-order valence-corrected chi connectivity index (χ2v) is 6.34. The van der Waals surface area contributed by atoms with Crippen molar-refractivity contribution in [1.29, 1.82) is 0 Å². The molecule has 0 radical (unpaired) electrons. The molecule has 1 atom stereocenters. The van der Waals surface area contributed by atoms with Crippen LogP contribution in [0.3, 0.4) is 0 Å². The minimum Gasteiger partial charge on any atom is -0.306 e. The first-order valence-electron chi connectivity index (χ1n) is 6.59. The van der Waals surface area contributed by atoms with Crippen molar-refractivity contribution in [3.63, 3.8) is 0 Å². The zero-order chi connectivity index (χ0) is 14.0. The molecule has 2 rings (SSSR count). The first kappa shape index (κ1) is 14.2. The summed E-state index contributed by atoms with van der Waals surface area (Å²) in [6.45, 7) is 8.97. The Morgan fingerprint density at radius 3 is 2.42 bits per heavy atom. The summed E-state index contributed by atoms with van der Waals surface area (Å²) in [5.74, 6) is -0.130. The average Bonchev–Trinajstić information content (AvgIpc) is 2.66. The molecule has 102 valence electrons. The zero-order valence-electron chi connectivity index (χ0n) is 11.9. The van der Waals surface area contributed by atoms with Gasteiger partial charge in [-0.25, -0.2) is 4.39 Å². The quantitative estimate of drug-likeness (QED) is 0.867. The number of halogens is 1. The molecule has 0 amide bonds. The lowest BCUT2D eigenvalue weighted by molar-refractivity contribution is 0.558. The van der Waals surface area contributed by atoms with Crippen LogP contribution in [0.2, 0.25) is 0 Å². The van der Waals surface area contributed by atoms with Gasteiger partial charge >= 0.3 is 0 Å². The number of benzene rings is 1. The topological polar surface area (TPSA) is 12.0 Å². The molecule has 0 aliphatic rings. The van der Waals surface area contributed by atoms with E-state index in [9.17, 15) is 4.39 Å². The van der Waals surface area contributed by atoms with E-state index in [2.05, 4.69) is 25.2 Å². The van der Waals surface area contributed by atoms with Crippen LogP contribution < -0.4 is 5.32 Å². The summed E-state index contributed by atoms with van der Waals surface area (Å²) in [6, 6.07) is 7.57. The van der Waals surface area contributed by atoms with Gasteiger partial charge in [-0.05, 0) is 50.6 Å². The van der Waals surface area contributed by atoms with E-state index in [0.717, 1.165) is 17.7 Å². The lowest BCUT2D eigenvalue weighted by Crippen LogP contribution is -2.23. The van der Waals surface area contributed by atoms with Gasteiger partial charge in [-0.15, -0.1) is 11.3 Å². The number of aryl methyl sites for hydroxylation is 3. The molecule has 3 heteroatoms. The van der Waals surface area contributed by atoms with E-state index in [0.29, 0.717) is 0 Å². The molecule has 0 fully saturated rings. The van der Waals surface area contributed by atoms with Crippen LogP contribution in [0.25, 0.3) is 0 Å².